The fraction of sp³-hybridized carbons (Fsp3) is 0. The first-order chi connectivity index (χ1) is 1.73. The van der Waals surface area contributed by atoms with Crippen molar-refractivity contribution >= 4 is 13.5 Å². The van der Waals surface area contributed by atoms with Crippen molar-refractivity contribution < 1.29 is 10.3 Å². The van der Waals surface area contributed by atoms with Gasteiger partial charge in [0.1, 0.15) is 0 Å². The van der Waals surface area contributed by atoms with Crippen LogP contribution in [-0.4, -0.2) is 10.3 Å². The monoisotopic (exact) mass is 95.0 g/mol. The smallest absolute Gasteiger partial charge is 0.291 e. The van der Waals surface area contributed by atoms with E-state index in [-0.39, 0.29) is 13.5 Å². The Kier molecular flexibility index (Phi) is 6.26. The quantitative estimate of drug-likeness (QED) is 0.330. The molecule has 0 heterocycles. The fourth-order valence-electron chi connectivity index (χ4n) is 0. The molecule has 0 spiro atoms. The molecule has 0 saturated carbocycles. The van der Waals surface area contributed by atoms with Crippen molar-refractivity contribution in [2.24, 2.45) is 0 Å². The molecule has 0 amide bonds. The molecular formula is HNO3S-2. The molecule has 0 aliphatic rings. The molecule has 1 N–H and O–H groups in total. The second-order valence-electron chi connectivity index (χ2n) is 0.238. The normalized spacial score (nSPS) is 4.80. The lowest BCUT2D eigenvalue weighted by Crippen LogP contribution is -1.81. The molecule has 5 heavy (non-hydrogen) atoms. The van der Waals surface area contributed by atoms with E-state index in [1.807, 2.05) is 0 Å². The summed E-state index contributed by atoms with van der Waals surface area (Å²) in [5.41, 5.74) is 0. The van der Waals surface area contributed by atoms with E-state index in [0.29, 0.717) is 0 Å². The summed E-state index contributed by atoms with van der Waals surface area (Å²) in [5.74, 6) is 0. The number of hydrogen-bond donors (Lipinski definition) is 1. The summed E-state index contributed by atoms with van der Waals surface area (Å²) < 4.78 is 0. The van der Waals surface area contributed by atoms with Gasteiger partial charge in [-0.25, -0.2) is 0 Å². The zero-order valence-electron chi connectivity index (χ0n) is 2.12. The summed E-state index contributed by atoms with van der Waals surface area (Å²) in [6.45, 7) is 0. The van der Waals surface area contributed by atoms with Gasteiger partial charge in [-0.3, -0.25) is 0 Å². The molecule has 0 saturated heterocycles. The Bertz CT molecular complexity index is 29.9. The van der Waals surface area contributed by atoms with Crippen molar-refractivity contribution in [2.45, 2.75) is 0 Å². The Labute approximate surface area is 35.0 Å². The lowest BCUT2D eigenvalue weighted by Gasteiger charge is -2.00. The van der Waals surface area contributed by atoms with Crippen LogP contribution >= 0.6 is 0 Å². The largest absolute Gasteiger partial charge is 2.00 e. The van der Waals surface area contributed by atoms with Crippen molar-refractivity contribution in [3.63, 3.8) is 0 Å². The van der Waals surface area contributed by atoms with E-state index in [2.05, 4.69) is 0 Å². The van der Waals surface area contributed by atoms with Gasteiger partial charge >= 0.3 is 0 Å². The second-order valence-corrected chi connectivity index (χ2v) is 0.238. The van der Waals surface area contributed by atoms with Crippen LogP contribution in [0.1, 0.15) is 0 Å². The summed E-state index contributed by atoms with van der Waals surface area (Å²) in [7, 11) is 0. The molecule has 0 aliphatic carbocycles. The second kappa shape index (κ2) is 3.55. The minimum atomic E-state index is -1.50. The highest BCUT2D eigenvalue weighted by Crippen LogP contribution is 1.38. The summed E-state index contributed by atoms with van der Waals surface area (Å²) in [6, 6.07) is 0. The summed E-state index contributed by atoms with van der Waals surface area (Å²) in [5, 5.41) is 13.6. The Balaban J connectivity index is 0. The summed E-state index contributed by atoms with van der Waals surface area (Å²) >= 11 is 0. The van der Waals surface area contributed by atoms with E-state index < -0.39 is 5.09 Å². The van der Waals surface area contributed by atoms with Gasteiger partial charge in [0.15, 0.2) is 0 Å². The maximum atomic E-state index is 8.36. The average Bonchev–Trinajstić information content (AvgIpc) is 0.811. The maximum absolute atomic E-state index is 8.36. The van der Waals surface area contributed by atoms with E-state index in [1.54, 1.807) is 0 Å². The first kappa shape index (κ1) is 8.82. The van der Waals surface area contributed by atoms with Crippen LogP contribution in [0.15, 0.2) is 0 Å². The average molecular weight is 95.1 g/mol. The fourth-order valence-corrected chi connectivity index (χ4v) is 0. The maximum Gasteiger partial charge on any atom is 0.291 e. The van der Waals surface area contributed by atoms with Gasteiger partial charge in [-0.05, 0) is 0 Å². The van der Waals surface area contributed by atoms with Gasteiger partial charge in [0.2, 0.25) is 0 Å². The third kappa shape index (κ3) is 42.1. The minimum absolute atomic E-state index is 0. The zero-order valence-corrected chi connectivity index (χ0v) is 2.94. The Morgan fingerprint density at radius 3 is 1.80 bits per heavy atom. The Morgan fingerprint density at radius 2 is 1.80 bits per heavy atom. The molecular weight excluding hydrogens is 94.1 g/mol. The topological polar surface area (TPSA) is 63.4 Å². The van der Waals surface area contributed by atoms with E-state index in [9.17, 15) is 0 Å². The molecule has 0 aromatic rings. The third-order valence-electron chi connectivity index (χ3n) is 0. The van der Waals surface area contributed by atoms with Crippen molar-refractivity contribution in [3.05, 3.63) is 10.1 Å². The lowest BCUT2D eigenvalue weighted by atomic mass is 13.1. The van der Waals surface area contributed by atoms with Crippen LogP contribution in [0.2, 0.25) is 0 Å². The van der Waals surface area contributed by atoms with Gasteiger partial charge in [0, 0.05) is 0 Å². The number of nitrogens with zero attached hydrogens (tertiary/aromatic N) is 1. The van der Waals surface area contributed by atoms with E-state index in [1.165, 1.54) is 0 Å². The van der Waals surface area contributed by atoms with Crippen molar-refractivity contribution in [1.82, 2.24) is 0 Å². The highest BCUT2D eigenvalue weighted by atomic mass is 32.1. The Hall–Kier alpha value is -0.450. The number of hydrogen-bond acceptors (Lipinski definition) is 2. The van der Waals surface area contributed by atoms with Crippen LogP contribution in [0.5, 0.6) is 0 Å². The van der Waals surface area contributed by atoms with Crippen molar-refractivity contribution in [1.29, 1.82) is 0 Å². The van der Waals surface area contributed by atoms with Gasteiger partial charge in [0.05, 0.1) is 0 Å². The van der Waals surface area contributed by atoms with Gasteiger partial charge in [-0.2, -0.15) is 0 Å². The van der Waals surface area contributed by atoms with E-state index >= 15 is 0 Å². The summed E-state index contributed by atoms with van der Waals surface area (Å²) in [6.07, 6.45) is 0. The molecule has 4 nitrogen and oxygen atoms in total. The zero-order chi connectivity index (χ0) is 3.58. The van der Waals surface area contributed by atoms with Crippen LogP contribution in [0.25, 0.3) is 0 Å². The SMILES string of the molecule is O=[N+]([O-])O.[S-2]. The molecule has 0 rings (SSSR count). The van der Waals surface area contributed by atoms with Gasteiger partial charge in [0.25, 0.3) is 5.09 Å². The summed E-state index contributed by atoms with van der Waals surface area (Å²) in [4.78, 5) is 8.36. The standard InChI is InChI=1S/HNO3.S/c2-1(3)4;/h(H,2,3,4);/q;-2. The third-order valence-corrected chi connectivity index (χ3v) is 0. The van der Waals surface area contributed by atoms with Crippen LogP contribution in [0.4, 0.5) is 0 Å². The predicted molar refractivity (Wildman–Crippen MR) is 16.1 cm³/mol. The van der Waals surface area contributed by atoms with Crippen LogP contribution < -0.4 is 0 Å². The van der Waals surface area contributed by atoms with Gasteiger partial charge < -0.3 is 18.7 Å². The Morgan fingerprint density at radius 1 is 1.80 bits per heavy atom. The van der Waals surface area contributed by atoms with Crippen LogP contribution in [-0.2, 0) is 13.5 Å². The minimum Gasteiger partial charge on any atom is -2.00 e. The molecule has 0 aliphatic heterocycles. The molecule has 0 bridgehead atoms. The van der Waals surface area contributed by atoms with E-state index in [0.717, 1.165) is 0 Å². The molecule has 0 fully saturated rings. The molecule has 0 unspecified atom stereocenters. The molecule has 32 valence electrons. The van der Waals surface area contributed by atoms with Crippen molar-refractivity contribution in [2.75, 3.05) is 0 Å². The van der Waals surface area contributed by atoms with Crippen LogP contribution in [0.3, 0.4) is 0 Å². The predicted octanol–water partition coefficient (Wildman–Crippen LogP) is -0.350. The molecule has 0 atom stereocenters. The first-order valence-electron chi connectivity index (χ1n) is 0.565. The molecule has 0 aromatic carbocycles. The molecule has 0 radical (unpaired) electrons. The van der Waals surface area contributed by atoms with Gasteiger partial charge in [-0.1, -0.05) is 0 Å². The molecule has 5 heteroatoms. The van der Waals surface area contributed by atoms with Crippen LogP contribution in [0, 0.1) is 10.1 Å². The first-order valence-corrected chi connectivity index (χ1v) is 0.565. The highest BCUT2D eigenvalue weighted by Gasteiger charge is 1.65. The van der Waals surface area contributed by atoms with Gasteiger partial charge in [-0.15, -0.1) is 10.1 Å². The lowest BCUT2D eigenvalue weighted by molar-refractivity contribution is -0.742. The molecule has 0 aromatic heterocycles. The van der Waals surface area contributed by atoms with E-state index in [4.69, 9.17) is 15.3 Å². The van der Waals surface area contributed by atoms with Crippen molar-refractivity contribution in [3.8, 4) is 0 Å². The highest BCUT2D eigenvalue weighted by molar-refractivity contribution is 7.37. The number of rotatable bonds is 0.